The Morgan fingerprint density at radius 2 is 1.07 bits per heavy atom. The van der Waals surface area contributed by atoms with Crippen molar-refractivity contribution in [1.82, 2.24) is 9.80 Å². The summed E-state index contributed by atoms with van der Waals surface area (Å²) in [6.07, 6.45) is 0. The molecule has 0 fully saturated rings. The van der Waals surface area contributed by atoms with Gasteiger partial charge in [0.05, 0.1) is 0 Å². The van der Waals surface area contributed by atoms with Crippen LogP contribution < -0.4 is 0 Å². The third kappa shape index (κ3) is 102. The first-order valence-electron chi connectivity index (χ1n) is 3.99. The van der Waals surface area contributed by atoms with E-state index < -0.39 is 0 Å². The van der Waals surface area contributed by atoms with E-state index in [2.05, 4.69) is 20.0 Å². The zero-order valence-corrected chi connectivity index (χ0v) is 13.6. The molecule has 15 heavy (non-hydrogen) atoms. The smallest absolute Gasteiger partial charge is 0.577 e. The van der Waals surface area contributed by atoms with Crippen molar-refractivity contribution in [2.24, 2.45) is 0 Å². The minimum Gasteiger partial charge on any atom is -0.577 e. The normalized spacial score (nSPS) is 7.87. The molecule has 4 nitrogen and oxygen atoms in total. The number of hydrogen-bond acceptors (Lipinski definition) is 3. The maximum absolute atomic E-state index is 7.25. The first-order chi connectivity index (χ1) is 5.86. The van der Waals surface area contributed by atoms with Gasteiger partial charge >= 0.3 is 16.8 Å². The molecule has 7 heteroatoms. The second-order valence-electron chi connectivity index (χ2n) is 3.54. The molecule has 0 atom stereocenters. The molecule has 2 radical (unpaired) electrons. The quantitative estimate of drug-likeness (QED) is 0.572. The fourth-order valence-electron chi connectivity index (χ4n) is 0.462. The minimum absolute atomic E-state index is 0. The monoisotopic (exact) mass is 326 g/mol. The fraction of sp³-hybridized carbons (Fsp3) is 0.875. The van der Waals surface area contributed by atoms with Crippen molar-refractivity contribution in [2.45, 2.75) is 0 Å². The van der Waals surface area contributed by atoms with Crippen LogP contribution in [-0.2, 0) is 33.6 Å². The molecule has 0 heterocycles. The summed E-state index contributed by atoms with van der Waals surface area (Å²) in [4.78, 5) is 11.2. The van der Waals surface area contributed by atoms with E-state index in [9.17, 15) is 0 Å². The first-order valence-corrected chi connectivity index (χ1v) is 6.99. The average Bonchev–Trinajstić information content (AvgIpc) is 1.87. The summed E-state index contributed by atoms with van der Waals surface area (Å²) in [5, 5.41) is 0. The molecule has 0 saturated carbocycles. The summed E-state index contributed by atoms with van der Waals surface area (Å²) in [6, 6.07) is 0. The van der Waals surface area contributed by atoms with E-state index in [0.717, 1.165) is 0 Å². The molecule has 0 amide bonds. The molecule has 0 aliphatic heterocycles. The van der Waals surface area contributed by atoms with E-state index >= 15 is 0 Å². The Labute approximate surface area is 116 Å². The predicted molar refractivity (Wildman–Crippen MR) is 64.5 cm³/mol. The van der Waals surface area contributed by atoms with E-state index in [1.165, 1.54) is 0 Å². The number of nitroso groups, excluding NO2 is 1. The van der Waals surface area contributed by atoms with Gasteiger partial charge in [-0.15, -0.1) is 0 Å². The molecule has 0 aromatic heterocycles. The van der Waals surface area contributed by atoms with Crippen molar-refractivity contribution in [3.05, 3.63) is 17.2 Å². The molecular formula is C8H23Co2N3OP+. The largest absolute Gasteiger partial charge is 2.00 e. The van der Waals surface area contributed by atoms with E-state index in [0.29, 0.717) is 0 Å². The van der Waals surface area contributed by atoms with Crippen LogP contribution in [-0.4, -0.2) is 58.0 Å². The van der Waals surface area contributed by atoms with Gasteiger partial charge in [-0.05, 0) is 36.1 Å². The topological polar surface area (TPSA) is 45.9 Å². The van der Waals surface area contributed by atoms with Crippen LogP contribution in [0.4, 0.5) is 0 Å². The summed E-state index contributed by atoms with van der Waals surface area (Å²) >= 11 is 0. The summed E-state index contributed by atoms with van der Waals surface area (Å²) in [7, 11) is 8.12. The van der Waals surface area contributed by atoms with Crippen LogP contribution in [0.3, 0.4) is 0 Å². The number of hydrogen-bond donors (Lipinski definition) is 0. The molecular weight excluding hydrogens is 303 g/mol. The second kappa shape index (κ2) is 24.3. The fourth-order valence-corrected chi connectivity index (χ4v) is 0.462. The molecule has 0 aliphatic carbocycles. The van der Waals surface area contributed by atoms with Crippen LogP contribution in [0.25, 0.3) is 5.59 Å². The van der Waals surface area contributed by atoms with Gasteiger partial charge in [0.1, 0.15) is 0 Å². The Morgan fingerprint density at radius 1 is 0.933 bits per heavy atom. The predicted octanol–water partition coefficient (Wildman–Crippen LogP) is 1.64. The van der Waals surface area contributed by atoms with Gasteiger partial charge in [0.2, 0.25) is 0 Å². The third-order valence-corrected chi connectivity index (χ3v) is 0.462. The molecule has 0 aliphatic rings. The third-order valence-electron chi connectivity index (χ3n) is 0.462. The molecule has 0 saturated heterocycles. The van der Waals surface area contributed by atoms with Gasteiger partial charge in [0.15, 0.2) is 0 Å². The van der Waals surface area contributed by atoms with E-state index in [1.807, 2.05) is 44.7 Å². The van der Waals surface area contributed by atoms with Gasteiger partial charge in [0, 0.05) is 36.8 Å². The van der Waals surface area contributed by atoms with Crippen molar-refractivity contribution in [2.75, 3.05) is 48.2 Å². The van der Waals surface area contributed by atoms with Crippen LogP contribution >= 0.6 is 7.92 Å². The summed E-state index contributed by atoms with van der Waals surface area (Å²) in [6.45, 7) is 8.81. The summed E-state index contributed by atoms with van der Waals surface area (Å²) in [5.41, 5.74) is 5.75. The van der Waals surface area contributed by atoms with Crippen LogP contribution in [0.2, 0.25) is 0 Å². The maximum Gasteiger partial charge on any atom is 2.00 e. The van der Waals surface area contributed by atoms with Crippen molar-refractivity contribution in [3.63, 3.8) is 0 Å². The molecule has 0 spiro atoms. The molecule has 0 N–H and O–H groups in total. The first kappa shape index (κ1) is 29.7. The molecule has 0 bridgehead atoms. The number of rotatable bonds is 2. The van der Waals surface area contributed by atoms with Gasteiger partial charge in [0.25, 0.3) is 0 Å². The van der Waals surface area contributed by atoms with Gasteiger partial charge in [-0.3, -0.25) is 0 Å². The van der Waals surface area contributed by atoms with Crippen LogP contribution in [0.5, 0.6) is 0 Å². The van der Waals surface area contributed by atoms with Crippen LogP contribution in [0.1, 0.15) is 0 Å². The van der Waals surface area contributed by atoms with Crippen LogP contribution in [0, 0.1) is 11.6 Å². The summed E-state index contributed by atoms with van der Waals surface area (Å²) in [5.74, 6) is 0. The van der Waals surface area contributed by atoms with Crippen LogP contribution in [0.15, 0.2) is 0 Å². The average molecular weight is 326 g/mol. The standard InChI is InChI=1S/C5H13N2.C3H9P.2Co.NO/c1-6(2)5-7(3)4;1-4(2)3;;;1-2/h5H,1-4H3;1-3H3;;;/q-1;;;+2;-1/p+1. The van der Waals surface area contributed by atoms with E-state index in [1.54, 1.807) is 0 Å². The summed E-state index contributed by atoms with van der Waals surface area (Å²) < 4.78 is 0. The second-order valence-corrected chi connectivity index (χ2v) is 6.54. The molecule has 0 aromatic carbocycles. The number of nitrogens with zero attached hydrogens (tertiary/aromatic N) is 3. The van der Waals surface area contributed by atoms with E-state index in [4.69, 9.17) is 10.5 Å². The van der Waals surface area contributed by atoms with E-state index in [-0.39, 0.29) is 41.5 Å². The van der Waals surface area contributed by atoms with Gasteiger partial charge in [-0.2, -0.15) is 0 Å². The molecule has 98 valence electrons. The maximum atomic E-state index is 7.25. The van der Waals surface area contributed by atoms with Crippen molar-refractivity contribution < 1.29 is 33.6 Å². The minimum atomic E-state index is 0. The molecule has 0 unspecified atom stereocenters. The Hall–Kier alpha value is 0.963. The Morgan fingerprint density at radius 3 is 1.07 bits per heavy atom. The zero-order valence-electron chi connectivity index (χ0n) is 10.5. The van der Waals surface area contributed by atoms with Crippen molar-refractivity contribution in [1.29, 1.82) is 0 Å². The van der Waals surface area contributed by atoms with Gasteiger partial charge in [-0.1, -0.05) is 0 Å². The van der Waals surface area contributed by atoms with Gasteiger partial charge in [-0.25, -0.2) is 6.67 Å². The Kier molecular flexibility index (Phi) is 48.1. The van der Waals surface area contributed by atoms with Crippen molar-refractivity contribution in [3.8, 4) is 0 Å². The van der Waals surface area contributed by atoms with Crippen molar-refractivity contribution >= 4 is 7.92 Å². The Balaban J connectivity index is -0.0000000367. The zero-order chi connectivity index (χ0) is 11.4. The molecule has 0 aromatic rings. The van der Waals surface area contributed by atoms with Gasteiger partial charge < -0.3 is 20.3 Å². The SMILES string of the molecule is CN(C)[CH-]N(C)C.C[PH+](C)C.[Co+2].[Co].[N-]=O. The Bertz CT molecular complexity index is 89.2. The molecule has 0 rings (SSSR count).